The number of methoxy groups -OCH3 is 1. The van der Waals surface area contributed by atoms with Crippen LogP contribution in [0.25, 0.3) is 0 Å². The third-order valence-electron chi connectivity index (χ3n) is 2.18. The standard InChI is InChI=1S/C11H11F2NO4/c1-18-9(11(16)17)5-14-10(15)7-3-2-6(12)4-8(7)13/h2-4,9H,5H2,1H3,(H,14,15)(H,16,17). The van der Waals surface area contributed by atoms with Crippen LogP contribution in [0.2, 0.25) is 0 Å². The van der Waals surface area contributed by atoms with E-state index in [-0.39, 0.29) is 12.1 Å². The molecule has 0 aliphatic carbocycles. The highest BCUT2D eigenvalue weighted by molar-refractivity contribution is 5.94. The van der Waals surface area contributed by atoms with Gasteiger partial charge in [-0.3, -0.25) is 4.79 Å². The van der Waals surface area contributed by atoms with Gasteiger partial charge in [-0.1, -0.05) is 0 Å². The average molecular weight is 259 g/mol. The maximum atomic E-state index is 13.2. The quantitative estimate of drug-likeness (QED) is 0.819. The topological polar surface area (TPSA) is 75.6 Å². The Bertz CT molecular complexity index is 464. The van der Waals surface area contributed by atoms with Crippen molar-refractivity contribution in [2.24, 2.45) is 0 Å². The first kappa shape index (κ1) is 14.0. The van der Waals surface area contributed by atoms with Crippen LogP contribution in [-0.4, -0.2) is 36.7 Å². The zero-order valence-corrected chi connectivity index (χ0v) is 9.44. The third kappa shape index (κ3) is 3.49. The number of halogens is 2. The highest BCUT2D eigenvalue weighted by Gasteiger charge is 2.19. The zero-order chi connectivity index (χ0) is 13.7. The van der Waals surface area contributed by atoms with Crippen LogP contribution >= 0.6 is 0 Å². The first-order valence-corrected chi connectivity index (χ1v) is 4.94. The van der Waals surface area contributed by atoms with E-state index in [0.29, 0.717) is 6.07 Å². The van der Waals surface area contributed by atoms with E-state index in [4.69, 9.17) is 5.11 Å². The lowest BCUT2D eigenvalue weighted by atomic mass is 10.2. The van der Waals surface area contributed by atoms with Crippen LogP contribution in [0.4, 0.5) is 8.78 Å². The Morgan fingerprint density at radius 1 is 1.44 bits per heavy atom. The van der Waals surface area contributed by atoms with Crippen LogP contribution in [0.15, 0.2) is 18.2 Å². The monoisotopic (exact) mass is 259 g/mol. The fraction of sp³-hybridized carbons (Fsp3) is 0.273. The highest BCUT2D eigenvalue weighted by Crippen LogP contribution is 2.09. The van der Waals surface area contributed by atoms with Crippen LogP contribution in [-0.2, 0) is 9.53 Å². The molecule has 0 heterocycles. The van der Waals surface area contributed by atoms with Gasteiger partial charge in [-0.25, -0.2) is 13.6 Å². The Kier molecular flexibility index (Phi) is 4.73. The van der Waals surface area contributed by atoms with E-state index in [1.807, 2.05) is 0 Å². The second-order valence-electron chi connectivity index (χ2n) is 3.40. The number of carbonyl (C=O) groups is 2. The van der Waals surface area contributed by atoms with Crippen molar-refractivity contribution in [2.45, 2.75) is 6.10 Å². The van der Waals surface area contributed by atoms with Gasteiger partial charge < -0.3 is 15.2 Å². The molecule has 7 heteroatoms. The van der Waals surface area contributed by atoms with Gasteiger partial charge in [0.25, 0.3) is 5.91 Å². The number of amides is 1. The average Bonchev–Trinajstić information content (AvgIpc) is 2.28. The molecule has 0 aliphatic heterocycles. The Morgan fingerprint density at radius 3 is 2.61 bits per heavy atom. The molecule has 1 amide bonds. The molecule has 0 saturated heterocycles. The summed E-state index contributed by atoms with van der Waals surface area (Å²) in [5, 5.41) is 10.8. The number of nitrogens with one attached hydrogen (secondary N) is 1. The van der Waals surface area contributed by atoms with Crippen molar-refractivity contribution in [1.82, 2.24) is 5.32 Å². The molecule has 18 heavy (non-hydrogen) atoms. The molecule has 1 aromatic rings. The molecule has 1 unspecified atom stereocenters. The van der Waals surface area contributed by atoms with Crippen molar-refractivity contribution in [2.75, 3.05) is 13.7 Å². The second kappa shape index (κ2) is 6.06. The number of carboxylic acid groups (broad SMARTS) is 1. The molecule has 0 bridgehead atoms. The van der Waals surface area contributed by atoms with Gasteiger partial charge in [0.15, 0.2) is 6.10 Å². The summed E-state index contributed by atoms with van der Waals surface area (Å²) in [7, 11) is 1.17. The summed E-state index contributed by atoms with van der Waals surface area (Å²) in [4.78, 5) is 22.1. The summed E-state index contributed by atoms with van der Waals surface area (Å²) in [6.45, 7) is -0.318. The minimum atomic E-state index is -1.25. The minimum Gasteiger partial charge on any atom is -0.479 e. The molecule has 0 spiro atoms. The van der Waals surface area contributed by atoms with Crippen LogP contribution in [0.3, 0.4) is 0 Å². The lowest BCUT2D eigenvalue weighted by Crippen LogP contribution is -2.38. The molecule has 0 aliphatic rings. The number of benzene rings is 1. The maximum Gasteiger partial charge on any atom is 0.334 e. The zero-order valence-electron chi connectivity index (χ0n) is 9.44. The van der Waals surface area contributed by atoms with Crippen LogP contribution in [0.5, 0.6) is 0 Å². The van der Waals surface area contributed by atoms with Gasteiger partial charge in [0.1, 0.15) is 11.6 Å². The summed E-state index contributed by atoms with van der Waals surface area (Å²) in [6.07, 6.45) is -1.22. The number of ether oxygens (including phenoxy) is 1. The normalized spacial score (nSPS) is 11.9. The summed E-state index contributed by atoms with van der Waals surface area (Å²) in [6, 6.07) is 2.48. The highest BCUT2D eigenvalue weighted by atomic mass is 19.1. The van der Waals surface area contributed by atoms with E-state index in [1.165, 1.54) is 7.11 Å². The number of rotatable bonds is 5. The van der Waals surface area contributed by atoms with E-state index in [0.717, 1.165) is 12.1 Å². The molecule has 5 nitrogen and oxygen atoms in total. The second-order valence-corrected chi connectivity index (χ2v) is 3.40. The predicted octanol–water partition coefficient (Wildman–Crippen LogP) is 0.794. The number of hydrogen-bond acceptors (Lipinski definition) is 3. The Hall–Kier alpha value is -2.02. The van der Waals surface area contributed by atoms with Gasteiger partial charge >= 0.3 is 5.97 Å². The predicted molar refractivity (Wildman–Crippen MR) is 57.1 cm³/mol. The summed E-state index contributed by atoms with van der Waals surface area (Å²) < 4.78 is 30.4. The number of carboxylic acids is 1. The van der Waals surface area contributed by atoms with Crippen molar-refractivity contribution in [3.63, 3.8) is 0 Å². The SMILES string of the molecule is COC(CNC(=O)c1ccc(F)cc1F)C(=O)O. The van der Waals surface area contributed by atoms with Gasteiger partial charge in [-0.2, -0.15) is 0 Å². The van der Waals surface area contributed by atoms with Gasteiger partial charge in [-0.05, 0) is 12.1 Å². The van der Waals surface area contributed by atoms with Crippen molar-refractivity contribution >= 4 is 11.9 Å². The number of aliphatic carboxylic acids is 1. The Labute approximate surface area is 101 Å². The van der Waals surface area contributed by atoms with Gasteiger partial charge in [0.2, 0.25) is 0 Å². The van der Waals surface area contributed by atoms with E-state index in [2.05, 4.69) is 10.1 Å². The molecule has 0 radical (unpaired) electrons. The van der Waals surface area contributed by atoms with Crippen molar-refractivity contribution in [3.05, 3.63) is 35.4 Å². The smallest absolute Gasteiger partial charge is 0.334 e. The van der Waals surface area contributed by atoms with Crippen LogP contribution in [0, 0.1) is 11.6 Å². The first-order valence-electron chi connectivity index (χ1n) is 4.94. The van der Waals surface area contributed by atoms with E-state index < -0.39 is 29.6 Å². The molecular weight excluding hydrogens is 248 g/mol. The van der Waals surface area contributed by atoms with Gasteiger partial charge in [0.05, 0.1) is 12.1 Å². The van der Waals surface area contributed by atoms with Crippen molar-refractivity contribution < 1.29 is 28.2 Å². The fourth-order valence-electron chi connectivity index (χ4n) is 1.23. The minimum absolute atomic E-state index is 0.318. The lowest BCUT2D eigenvalue weighted by Gasteiger charge is -2.11. The molecule has 0 saturated carbocycles. The molecule has 2 N–H and O–H groups in total. The molecule has 98 valence electrons. The van der Waals surface area contributed by atoms with Crippen LogP contribution in [0.1, 0.15) is 10.4 Å². The fourth-order valence-corrected chi connectivity index (χ4v) is 1.23. The molecule has 1 aromatic carbocycles. The molecule has 0 fully saturated rings. The molecular formula is C11H11F2NO4. The summed E-state index contributed by atoms with van der Waals surface area (Å²) in [5.74, 6) is -3.91. The van der Waals surface area contributed by atoms with Gasteiger partial charge in [-0.15, -0.1) is 0 Å². The van der Waals surface area contributed by atoms with E-state index >= 15 is 0 Å². The molecule has 1 atom stereocenters. The first-order chi connectivity index (χ1) is 8.45. The number of carbonyl (C=O) groups excluding carboxylic acids is 1. The van der Waals surface area contributed by atoms with Gasteiger partial charge in [0, 0.05) is 13.2 Å². The molecule has 0 aromatic heterocycles. The largest absolute Gasteiger partial charge is 0.479 e. The third-order valence-corrected chi connectivity index (χ3v) is 2.18. The lowest BCUT2D eigenvalue weighted by molar-refractivity contribution is -0.148. The Balaban J connectivity index is 2.68. The maximum absolute atomic E-state index is 13.2. The van der Waals surface area contributed by atoms with Crippen LogP contribution < -0.4 is 5.32 Å². The summed E-state index contributed by atoms with van der Waals surface area (Å²) in [5.41, 5.74) is -0.364. The van der Waals surface area contributed by atoms with Crippen molar-refractivity contribution in [3.8, 4) is 0 Å². The number of hydrogen-bond donors (Lipinski definition) is 2. The summed E-state index contributed by atoms with van der Waals surface area (Å²) >= 11 is 0. The van der Waals surface area contributed by atoms with Crippen molar-refractivity contribution in [1.29, 1.82) is 0 Å². The molecule has 1 rings (SSSR count). The van der Waals surface area contributed by atoms with E-state index in [9.17, 15) is 18.4 Å². The van der Waals surface area contributed by atoms with E-state index in [1.54, 1.807) is 0 Å². The Morgan fingerprint density at radius 2 is 2.11 bits per heavy atom.